The molecule has 1 aliphatic rings. The summed E-state index contributed by atoms with van der Waals surface area (Å²) in [4.78, 5) is 16.4. The third-order valence-electron chi connectivity index (χ3n) is 5.60. The molecule has 6 heteroatoms. The van der Waals surface area contributed by atoms with Crippen molar-refractivity contribution in [3.63, 3.8) is 0 Å². The van der Waals surface area contributed by atoms with Gasteiger partial charge in [0.05, 0.1) is 17.6 Å². The topological polar surface area (TPSA) is 71.6 Å². The first-order valence-electron chi connectivity index (χ1n) is 10.0. The summed E-state index contributed by atoms with van der Waals surface area (Å²) in [6.45, 7) is 0.572. The minimum absolute atomic E-state index is 0.00746. The summed E-state index contributed by atoms with van der Waals surface area (Å²) in [5, 5.41) is 6.33. The fourth-order valence-corrected chi connectivity index (χ4v) is 4.05. The summed E-state index contributed by atoms with van der Waals surface area (Å²) in [7, 11) is 0. The highest BCUT2D eigenvalue weighted by molar-refractivity contribution is 5.99. The van der Waals surface area contributed by atoms with Crippen LogP contribution < -0.4 is 10.6 Å². The largest absolute Gasteiger partial charge is 0.464 e. The molecule has 6 rings (SSSR count). The number of imidazole rings is 1. The molecular weight excluding hydrogens is 388 g/mol. The Balaban J connectivity index is 1.34. The molecule has 150 valence electrons. The fraction of sp³-hybridized carbons (Fsp3) is 0.0400. The number of hydrogen-bond acceptors (Lipinski definition) is 4. The zero-order valence-electron chi connectivity index (χ0n) is 16.5. The molecule has 0 fully saturated rings. The first kappa shape index (κ1) is 17.5. The van der Waals surface area contributed by atoms with Gasteiger partial charge in [0.25, 0.3) is 5.91 Å². The molecule has 3 aromatic heterocycles. The quantitative estimate of drug-likeness (QED) is 0.428. The van der Waals surface area contributed by atoms with Crippen molar-refractivity contribution in [1.82, 2.24) is 14.7 Å². The van der Waals surface area contributed by atoms with Crippen LogP contribution in [0, 0.1) is 0 Å². The fourth-order valence-electron chi connectivity index (χ4n) is 4.05. The molecule has 31 heavy (non-hydrogen) atoms. The van der Waals surface area contributed by atoms with Crippen molar-refractivity contribution in [2.45, 2.75) is 6.54 Å². The summed E-state index contributed by atoms with van der Waals surface area (Å²) in [5.41, 5.74) is 7.59. The number of benzene rings is 2. The van der Waals surface area contributed by atoms with E-state index in [0.717, 1.165) is 50.7 Å². The van der Waals surface area contributed by atoms with Gasteiger partial charge in [-0.25, -0.2) is 4.98 Å². The number of aromatic nitrogens is 2. The molecule has 2 N–H and O–H groups in total. The molecule has 0 unspecified atom stereocenters. The summed E-state index contributed by atoms with van der Waals surface area (Å²) in [5.74, 6) is 0.838. The number of carbonyl (C=O) groups is 1. The number of furan rings is 1. The predicted octanol–water partition coefficient (Wildman–Crippen LogP) is 5.25. The molecule has 0 spiro atoms. The Morgan fingerprint density at radius 2 is 1.87 bits per heavy atom. The van der Waals surface area contributed by atoms with Crippen LogP contribution in [0.3, 0.4) is 0 Å². The van der Waals surface area contributed by atoms with Crippen molar-refractivity contribution in [2.75, 3.05) is 5.32 Å². The maximum atomic E-state index is 11.9. The van der Waals surface area contributed by atoms with Crippen LogP contribution in [0.25, 0.3) is 28.2 Å². The van der Waals surface area contributed by atoms with Gasteiger partial charge in [-0.1, -0.05) is 6.07 Å². The second-order valence-electron chi connectivity index (χ2n) is 7.49. The van der Waals surface area contributed by atoms with Gasteiger partial charge in [-0.05, 0) is 71.8 Å². The van der Waals surface area contributed by atoms with E-state index in [-0.39, 0.29) is 5.91 Å². The monoisotopic (exact) mass is 406 g/mol. The van der Waals surface area contributed by atoms with Gasteiger partial charge < -0.3 is 15.1 Å². The number of nitrogens with zero attached hydrogens (tertiary/aromatic N) is 2. The van der Waals surface area contributed by atoms with E-state index in [1.807, 2.05) is 60.8 Å². The van der Waals surface area contributed by atoms with Gasteiger partial charge in [-0.3, -0.25) is 9.20 Å². The second-order valence-corrected chi connectivity index (χ2v) is 7.49. The highest BCUT2D eigenvalue weighted by Gasteiger charge is 2.19. The number of anilines is 2. The molecule has 6 nitrogen and oxygen atoms in total. The number of fused-ring (bicyclic) bond motifs is 2. The molecule has 2 aromatic carbocycles. The normalized spacial score (nSPS) is 12.7. The number of rotatable bonds is 4. The molecule has 5 aromatic rings. The number of nitrogens with one attached hydrogen (secondary N) is 2. The third kappa shape index (κ3) is 2.97. The summed E-state index contributed by atoms with van der Waals surface area (Å²) >= 11 is 0. The second kappa shape index (κ2) is 6.88. The molecule has 0 atom stereocenters. The van der Waals surface area contributed by atoms with Crippen LogP contribution in [0.1, 0.15) is 15.9 Å². The SMILES string of the molecule is O=C1NCc2cc(-c3ccc(Nc4ccc(-c5ccco5)cc4)c4nccn34)ccc21. The van der Waals surface area contributed by atoms with Crippen LogP contribution in [0.2, 0.25) is 0 Å². The van der Waals surface area contributed by atoms with E-state index in [0.29, 0.717) is 6.54 Å². The number of pyridine rings is 1. The van der Waals surface area contributed by atoms with Gasteiger partial charge in [0.1, 0.15) is 5.76 Å². The van der Waals surface area contributed by atoms with Crippen LogP contribution in [-0.2, 0) is 6.54 Å². The van der Waals surface area contributed by atoms with Crippen molar-refractivity contribution in [1.29, 1.82) is 0 Å². The Hall–Kier alpha value is -4.32. The standard InChI is InChI=1S/C25H18N4O2/c30-25-20-8-5-17(14-18(20)15-27-25)22-10-9-21(24-26-11-12-29(22)24)28-19-6-3-16(4-7-19)23-2-1-13-31-23/h1-14,28H,15H2,(H,27,30). The van der Waals surface area contributed by atoms with Gasteiger partial charge in [0.2, 0.25) is 0 Å². The molecule has 1 amide bonds. The van der Waals surface area contributed by atoms with Gasteiger partial charge >= 0.3 is 0 Å². The van der Waals surface area contributed by atoms with E-state index in [4.69, 9.17) is 4.42 Å². The average Bonchev–Trinajstić information content (AvgIpc) is 3.56. The Kier molecular flexibility index (Phi) is 3.89. The lowest BCUT2D eigenvalue weighted by Gasteiger charge is -2.12. The van der Waals surface area contributed by atoms with Crippen molar-refractivity contribution in [3.8, 4) is 22.6 Å². The molecule has 0 aliphatic carbocycles. The summed E-state index contributed by atoms with van der Waals surface area (Å²) in [6.07, 6.45) is 5.42. The van der Waals surface area contributed by atoms with E-state index < -0.39 is 0 Å². The lowest BCUT2D eigenvalue weighted by Crippen LogP contribution is -2.12. The first-order chi connectivity index (χ1) is 15.3. The highest BCUT2D eigenvalue weighted by atomic mass is 16.3. The lowest BCUT2D eigenvalue weighted by atomic mass is 10.0. The number of carbonyl (C=O) groups excluding carboxylic acids is 1. The van der Waals surface area contributed by atoms with E-state index in [1.54, 1.807) is 12.5 Å². The van der Waals surface area contributed by atoms with Gasteiger partial charge in [-0.2, -0.15) is 0 Å². The zero-order chi connectivity index (χ0) is 20.8. The van der Waals surface area contributed by atoms with Crippen LogP contribution >= 0.6 is 0 Å². The predicted molar refractivity (Wildman–Crippen MR) is 119 cm³/mol. The van der Waals surface area contributed by atoms with Crippen LogP contribution in [0.15, 0.2) is 89.8 Å². The van der Waals surface area contributed by atoms with E-state index in [1.165, 1.54) is 0 Å². The molecule has 0 saturated carbocycles. The Labute approximate surface area is 178 Å². The highest BCUT2D eigenvalue weighted by Crippen LogP contribution is 2.30. The van der Waals surface area contributed by atoms with Crippen molar-refractivity contribution < 1.29 is 9.21 Å². The minimum atomic E-state index is -0.00746. The van der Waals surface area contributed by atoms with Crippen LogP contribution in [-0.4, -0.2) is 15.3 Å². The molecular formula is C25H18N4O2. The number of amides is 1. The van der Waals surface area contributed by atoms with Crippen molar-refractivity contribution in [2.24, 2.45) is 0 Å². The molecule has 1 aliphatic heterocycles. The van der Waals surface area contributed by atoms with Gasteiger partial charge in [-0.15, -0.1) is 0 Å². The van der Waals surface area contributed by atoms with Crippen LogP contribution in [0.5, 0.6) is 0 Å². The van der Waals surface area contributed by atoms with Crippen LogP contribution in [0.4, 0.5) is 11.4 Å². The Bertz CT molecular complexity index is 1420. The molecule has 0 radical (unpaired) electrons. The minimum Gasteiger partial charge on any atom is -0.464 e. The number of hydrogen-bond donors (Lipinski definition) is 2. The Morgan fingerprint density at radius 1 is 1.00 bits per heavy atom. The van der Waals surface area contributed by atoms with Crippen molar-refractivity contribution >= 4 is 22.9 Å². The van der Waals surface area contributed by atoms with Gasteiger partial charge in [0, 0.05) is 35.8 Å². The molecule has 4 heterocycles. The smallest absolute Gasteiger partial charge is 0.251 e. The maximum absolute atomic E-state index is 11.9. The third-order valence-corrected chi connectivity index (χ3v) is 5.60. The average molecular weight is 406 g/mol. The van der Waals surface area contributed by atoms with E-state index in [2.05, 4.69) is 32.2 Å². The first-order valence-corrected chi connectivity index (χ1v) is 10.0. The summed E-state index contributed by atoms with van der Waals surface area (Å²) < 4.78 is 7.52. The molecule has 0 bridgehead atoms. The van der Waals surface area contributed by atoms with Gasteiger partial charge in [0.15, 0.2) is 5.65 Å². The van der Waals surface area contributed by atoms with E-state index >= 15 is 0 Å². The van der Waals surface area contributed by atoms with Crippen molar-refractivity contribution in [3.05, 3.63) is 96.5 Å². The lowest BCUT2D eigenvalue weighted by molar-refractivity contribution is 0.0966. The van der Waals surface area contributed by atoms with E-state index in [9.17, 15) is 4.79 Å². The maximum Gasteiger partial charge on any atom is 0.251 e. The zero-order valence-corrected chi connectivity index (χ0v) is 16.5. The Morgan fingerprint density at radius 3 is 2.71 bits per heavy atom. The summed E-state index contributed by atoms with van der Waals surface area (Å²) in [6, 6.07) is 22.0. The molecule has 0 saturated heterocycles.